The molecular formula is C18H24N2O4. The minimum Gasteiger partial charge on any atom is -0.452 e. The van der Waals surface area contributed by atoms with Gasteiger partial charge in [0, 0.05) is 18.8 Å². The van der Waals surface area contributed by atoms with Crippen molar-refractivity contribution in [1.29, 1.82) is 0 Å². The number of carbonyl (C=O) groups is 2. The number of pyridine rings is 1. The third-order valence-corrected chi connectivity index (χ3v) is 5.10. The minimum absolute atomic E-state index is 0.0847. The molecule has 6 heteroatoms. The van der Waals surface area contributed by atoms with E-state index in [1.54, 1.807) is 6.07 Å². The number of ether oxygens (including phenoxy) is 1. The summed E-state index contributed by atoms with van der Waals surface area (Å²) >= 11 is 0. The van der Waals surface area contributed by atoms with E-state index >= 15 is 0 Å². The van der Waals surface area contributed by atoms with Gasteiger partial charge in [0.25, 0.3) is 11.5 Å². The van der Waals surface area contributed by atoms with Crippen molar-refractivity contribution in [3.63, 3.8) is 0 Å². The van der Waals surface area contributed by atoms with Crippen LogP contribution in [0.5, 0.6) is 0 Å². The molecule has 0 spiro atoms. The van der Waals surface area contributed by atoms with Crippen LogP contribution in [0.3, 0.4) is 0 Å². The second-order valence-corrected chi connectivity index (χ2v) is 8.22. The van der Waals surface area contributed by atoms with Crippen molar-refractivity contribution < 1.29 is 14.3 Å². The number of nitrogens with one attached hydrogen (secondary N) is 1. The van der Waals surface area contributed by atoms with E-state index in [1.807, 2.05) is 4.90 Å². The van der Waals surface area contributed by atoms with E-state index in [0.29, 0.717) is 6.54 Å². The molecule has 0 unspecified atom stereocenters. The molecule has 2 heterocycles. The lowest BCUT2D eigenvalue weighted by molar-refractivity contribution is -0.135. The highest BCUT2D eigenvalue weighted by Gasteiger charge is 2.50. The monoisotopic (exact) mass is 332 g/mol. The number of aromatic amines is 1. The molecule has 6 nitrogen and oxygen atoms in total. The Morgan fingerprint density at radius 1 is 1.33 bits per heavy atom. The standard InChI is InChI=1S/C18H24N2O4/c1-17(2)7-12-8-18(3,10-17)11-20(12)14(21)9-24-16(23)13-5-4-6-19-15(13)22/h4-6,12H,7-11H2,1-3H3,(H,19,22)/t12-,18-/m0/s1. The van der Waals surface area contributed by atoms with Gasteiger partial charge >= 0.3 is 5.97 Å². The van der Waals surface area contributed by atoms with E-state index in [-0.39, 0.29) is 34.9 Å². The Morgan fingerprint density at radius 3 is 2.79 bits per heavy atom. The van der Waals surface area contributed by atoms with Gasteiger partial charge in [0.05, 0.1) is 0 Å². The molecule has 1 aromatic heterocycles. The Morgan fingerprint density at radius 2 is 2.08 bits per heavy atom. The molecule has 24 heavy (non-hydrogen) atoms. The SMILES string of the molecule is CC1(C)C[C@H]2C[C@](C)(CN2C(=O)COC(=O)c2ccc[nH]c2=O)C1. The van der Waals surface area contributed by atoms with Gasteiger partial charge in [-0.25, -0.2) is 4.79 Å². The number of carbonyl (C=O) groups excluding carboxylic acids is 2. The molecule has 2 bridgehead atoms. The highest BCUT2D eigenvalue weighted by atomic mass is 16.5. The fraction of sp³-hybridized carbons (Fsp3) is 0.611. The third-order valence-electron chi connectivity index (χ3n) is 5.10. The van der Waals surface area contributed by atoms with Gasteiger partial charge in [0.15, 0.2) is 6.61 Å². The van der Waals surface area contributed by atoms with E-state index in [0.717, 1.165) is 19.3 Å². The molecule has 1 saturated heterocycles. The topological polar surface area (TPSA) is 79.5 Å². The van der Waals surface area contributed by atoms with Crippen LogP contribution in [-0.2, 0) is 9.53 Å². The van der Waals surface area contributed by atoms with Crippen LogP contribution in [0.15, 0.2) is 23.1 Å². The number of likely N-dealkylation sites (tertiary alicyclic amines) is 1. The van der Waals surface area contributed by atoms with Crippen molar-refractivity contribution in [2.45, 2.75) is 46.1 Å². The number of aromatic nitrogens is 1. The van der Waals surface area contributed by atoms with E-state index in [1.165, 1.54) is 12.3 Å². The van der Waals surface area contributed by atoms with Crippen LogP contribution in [-0.4, -0.2) is 41.0 Å². The number of nitrogens with zero attached hydrogens (tertiary/aromatic N) is 1. The maximum atomic E-state index is 12.5. The Balaban J connectivity index is 1.63. The molecule has 130 valence electrons. The summed E-state index contributed by atoms with van der Waals surface area (Å²) in [7, 11) is 0. The summed E-state index contributed by atoms with van der Waals surface area (Å²) in [6, 6.07) is 3.15. The number of hydrogen-bond donors (Lipinski definition) is 1. The predicted molar refractivity (Wildman–Crippen MR) is 88.6 cm³/mol. The van der Waals surface area contributed by atoms with Crippen LogP contribution in [0, 0.1) is 10.8 Å². The van der Waals surface area contributed by atoms with Crippen LogP contribution in [0.25, 0.3) is 0 Å². The largest absolute Gasteiger partial charge is 0.452 e. The summed E-state index contributed by atoms with van der Waals surface area (Å²) in [6.45, 7) is 7.10. The van der Waals surface area contributed by atoms with Crippen LogP contribution in [0.4, 0.5) is 0 Å². The fourth-order valence-corrected chi connectivity index (χ4v) is 4.62. The van der Waals surface area contributed by atoms with Crippen molar-refractivity contribution in [1.82, 2.24) is 9.88 Å². The summed E-state index contributed by atoms with van der Waals surface area (Å²) in [4.78, 5) is 40.3. The zero-order chi connectivity index (χ0) is 17.5. The van der Waals surface area contributed by atoms with Gasteiger partial charge < -0.3 is 14.6 Å². The first-order chi connectivity index (χ1) is 11.2. The molecular weight excluding hydrogens is 308 g/mol. The lowest BCUT2D eigenvalue weighted by atomic mass is 9.65. The summed E-state index contributed by atoms with van der Waals surface area (Å²) in [5.74, 6) is -0.943. The van der Waals surface area contributed by atoms with Crippen molar-refractivity contribution in [2.24, 2.45) is 10.8 Å². The Bertz CT molecular complexity index is 724. The first-order valence-corrected chi connectivity index (χ1v) is 8.34. The van der Waals surface area contributed by atoms with Gasteiger partial charge in [-0.3, -0.25) is 9.59 Å². The van der Waals surface area contributed by atoms with Gasteiger partial charge in [-0.2, -0.15) is 0 Å². The van der Waals surface area contributed by atoms with Crippen LogP contribution in [0.1, 0.15) is 50.4 Å². The number of hydrogen-bond acceptors (Lipinski definition) is 4. The Labute approximate surface area is 141 Å². The maximum absolute atomic E-state index is 12.5. The first kappa shape index (κ1) is 16.7. The highest BCUT2D eigenvalue weighted by molar-refractivity contribution is 5.91. The van der Waals surface area contributed by atoms with Gasteiger partial charge in [-0.1, -0.05) is 20.8 Å². The van der Waals surface area contributed by atoms with Gasteiger partial charge in [-0.15, -0.1) is 0 Å². The maximum Gasteiger partial charge on any atom is 0.344 e. The molecule has 2 aliphatic rings. The van der Waals surface area contributed by atoms with Crippen molar-refractivity contribution >= 4 is 11.9 Å². The van der Waals surface area contributed by atoms with Crippen molar-refractivity contribution in [2.75, 3.05) is 13.2 Å². The molecule has 2 atom stereocenters. The van der Waals surface area contributed by atoms with Crippen LogP contribution < -0.4 is 5.56 Å². The van der Waals surface area contributed by atoms with Crippen LogP contribution in [0.2, 0.25) is 0 Å². The molecule has 3 rings (SSSR count). The molecule has 1 aliphatic carbocycles. The third kappa shape index (κ3) is 3.23. The Kier molecular flexibility index (Phi) is 4.01. The molecule has 0 radical (unpaired) electrons. The van der Waals surface area contributed by atoms with Gasteiger partial charge in [0.2, 0.25) is 0 Å². The highest BCUT2D eigenvalue weighted by Crippen LogP contribution is 2.52. The van der Waals surface area contributed by atoms with E-state index in [4.69, 9.17) is 4.74 Å². The number of fused-ring (bicyclic) bond motifs is 2. The summed E-state index contributed by atoms with van der Waals surface area (Å²) in [5.41, 5.74) is -0.233. The first-order valence-electron chi connectivity index (χ1n) is 8.34. The van der Waals surface area contributed by atoms with Gasteiger partial charge in [-0.05, 0) is 42.2 Å². The predicted octanol–water partition coefficient (Wildman–Crippen LogP) is 1.96. The zero-order valence-electron chi connectivity index (χ0n) is 14.4. The molecule has 1 aliphatic heterocycles. The average Bonchev–Trinajstić information content (AvgIpc) is 2.74. The van der Waals surface area contributed by atoms with Crippen molar-refractivity contribution in [3.8, 4) is 0 Å². The second-order valence-electron chi connectivity index (χ2n) is 8.22. The number of esters is 1. The summed E-state index contributed by atoms with van der Waals surface area (Å²) in [6.07, 6.45) is 4.52. The molecule has 1 N–H and O–H groups in total. The lowest BCUT2D eigenvalue weighted by Crippen LogP contribution is -2.40. The van der Waals surface area contributed by atoms with Gasteiger partial charge in [0.1, 0.15) is 5.56 Å². The molecule has 0 aromatic carbocycles. The number of amides is 1. The summed E-state index contributed by atoms with van der Waals surface area (Å²) < 4.78 is 5.07. The molecule has 1 aromatic rings. The molecule has 1 amide bonds. The van der Waals surface area contributed by atoms with Crippen LogP contribution >= 0.6 is 0 Å². The van der Waals surface area contributed by atoms with Crippen molar-refractivity contribution in [3.05, 3.63) is 34.2 Å². The van der Waals surface area contributed by atoms with E-state index in [2.05, 4.69) is 25.8 Å². The molecule has 1 saturated carbocycles. The van der Waals surface area contributed by atoms with E-state index in [9.17, 15) is 14.4 Å². The van der Waals surface area contributed by atoms with E-state index < -0.39 is 11.5 Å². The second kappa shape index (κ2) is 5.76. The minimum atomic E-state index is -0.765. The number of rotatable bonds is 3. The summed E-state index contributed by atoms with van der Waals surface area (Å²) in [5, 5.41) is 0. The normalized spacial score (nSPS) is 27.8. The molecule has 2 fully saturated rings. The zero-order valence-corrected chi connectivity index (χ0v) is 14.4. The lowest BCUT2D eigenvalue weighted by Gasteiger charge is -2.39. The number of H-pyrrole nitrogens is 1. The fourth-order valence-electron chi connectivity index (χ4n) is 4.62. The quantitative estimate of drug-likeness (QED) is 0.858. The Hall–Kier alpha value is -2.11. The average molecular weight is 332 g/mol. The smallest absolute Gasteiger partial charge is 0.344 e.